The van der Waals surface area contributed by atoms with Gasteiger partial charge >= 0.3 is 0 Å². The quantitative estimate of drug-likeness (QED) is 0.882. The Morgan fingerprint density at radius 1 is 1.33 bits per heavy atom. The van der Waals surface area contributed by atoms with Gasteiger partial charge in [-0.25, -0.2) is 4.98 Å². The first kappa shape index (κ1) is 14.0. The molecule has 1 saturated heterocycles. The number of piperazine rings is 1. The smallest absolute Gasteiger partial charge is 0.242 e. The molecule has 1 amide bonds. The minimum atomic E-state index is -0.0438. The third-order valence-electron chi connectivity index (χ3n) is 4.05. The van der Waals surface area contributed by atoms with E-state index in [0.717, 1.165) is 42.8 Å². The maximum absolute atomic E-state index is 12.4. The van der Waals surface area contributed by atoms with Crippen LogP contribution in [0.25, 0.3) is 11.0 Å². The van der Waals surface area contributed by atoms with Crippen molar-refractivity contribution in [1.82, 2.24) is 19.4 Å². The normalized spacial score (nSPS) is 16.6. The Morgan fingerprint density at radius 2 is 2.10 bits per heavy atom. The zero-order valence-electron chi connectivity index (χ0n) is 12.2. The molecule has 0 saturated carbocycles. The predicted molar refractivity (Wildman–Crippen MR) is 79.7 cm³/mol. The van der Waals surface area contributed by atoms with Crippen LogP contribution < -0.4 is 0 Å². The Hall–Kier alpha value is -1.92. The highest BCUT2D eigenvalue weighted by molar-refractivity contribution is 5.83. The van der Waals surface area contributed by atoms with Crippen molar-refractivity contribution in [1.29, 1.82) is 0 Å². The second-order valence-corrected chi connectivity index (χ2v) is 5.50. The zero-order chi connectivity index (χ0) is 14.8. The lowest BCUT2D eigenvalue weighted by atomic mass is 10.2. The van der Waals surface area contributed by atoms with E-state index in [4.69, 9.17) is 0 Å². The van der Waals surface area contributed by atoms with Crippen LogP contribution in [0.15, 0.2) is 24.5 Å². The lowest BCUT2D eigenvalue weighted by Crippen LogP contribution is -2.48. The van der Waals surface area contributed by atoms with Crippen LogP contribution in [0.5, 0.6) is 0 Å². The average Bonchev–Trinajstić information content (AvgIpc) is 2.86. The van der Waals surface area contributed by atoms with Gasteiger partial charge in [-0.15, -0.1) is 0 Å². The number of carbonyl (C=O) groups is 1. The van der Waals surface area contributed by atoms with Crippen molar-refractivity contribution in [2.75, 3.05) is 33.2 Å². The van der Waals surface area contributed by atoms with Crippen LogP contribution in [0.4, 0.5) is 0 Å². The number of fused-ring (bicyclic) bond motifs is 1. The molecular weight excluding hydrogens is 268 g/mol. The number of hydrogen-bond donors (Lipinski definition) is 1. The molecule has 2 aromatic rings. The van der Waals surface area contributed by atoms with Gasteiger partial charge in [0.05, 0.1) is 6.61 Å². The largest absolute Gasteiger partial charge is 0.392 e. The Bertz CT molecular complexity index is 644. The molecule has 1 aliphatic heterocycles. The highest BCUT2D eigenvalue weighted by Gasteiger charge is 2.20. The molecular formula is C15H20N4O2. The number of likely N-dealkylation sites (N-methyl/N-ethyl adjacent to an activating group) is 1. The molecule has 1 N–H and O–H groups in total. The van der Waals surface area contributed by atoms with Gasteiger partial charge < -0.3 is 19.5 Å². The lowest BCUT2D eigenvalue weighted by molar-refractivity contribution is -0.133. The topological polar surface area (TPSA) is 61.6 Å². The van der Waals surface area contributed by atoms with Gasteiger partial charge in [-0.05, 0) is 19.2 Å². The van der Waals surface area contributed by atoms with Crippen LogP contribution in [0, 0.1) is 0 Å². The van der Waals surface area contributed by atoms with E-state index in [1.807, 2.05) is 27.8 Å². The minimum Gasteiger partial charge on any atom is -0.392 e. The summed E-state index contributed by atoms with van der Waals surface area (Å²) in [5, 5.41) is 10.3. The predicted octanol–water partition coefficient (Wildman–Crippen LogP) is 0.303. The first-order valence-electron chi connectivity index (χ1n) is 7.19. The van der Waals surface area contributed by atoms with Crippen molar-refractivity contribution in [3.05, 3.63) is 30.1 Å². The maximum atomic E-state index is 12.4. The molecule has 0 aliphatic carbocycles. The highest BCUT2D eigenvalue weighted by atomic mass is 16.3. The summed E-state index contributed by atoms with van der Waals surface area (Å²) in [6.07, 6.45) is 3.53. The second kappa shape index (κ2) is 5.83. The first-order chi connectivity index (χ1) is 10.2. The molecule has 6 nitrogen and oxygen atoms in total. The molecule has 1 aliphatic rings. The van der Waals surface area contributed by atoms with Gasteiger partial charge in [0.15, 0.2) is 0 Å². The number of pyridine rings is 1. The summed E-state index contributed by atoms with van der Waals surface area (Å²) in [4.78, 5) is 20.9. The van der Waals surface area contributed by atoms with Crippen molar-refractivity contribution >= 4 is 16.9 Å². The molecule has 2 aromatic heterocycles. The van der Waals surface area contributed by atoms with Crippen LogP contribution in [-0.4, -0.2) is 63.6 Å². The number of carbonyl (C=O) groups excluding carboxylic acids is 1. The number of rotatable bonds is 3. The number of amides is 1. The molecule has 0 bridgehead atoms. The SMILES string of the molecule is CN1CCN(C(=O)Cn2cc(CO)c3cccnc32)CC1. The molecule has 0 unspecified atom stereocenters. The van der Waals surface area contributed by atoms with Gasteiger partial charge in [0.2, 0.25) is 5.91 Å². The summed E-state index contributed by atoms with van der Waals surface area (Å²) < 4.78 is 1.83. The average molecular weight is 288 g/mol. The van der Waals surface area contributed by atoms with E-state index >= 15 is 0 Å². The van der Waals surface area contributed by atoms with Crippen molar-refractivity contribution in [2.45, 2.75) is 13.2 Å². The van der Waals surface area contributed by atoms with Gasteiger partial charge in [0.1, 0.15) is 12.2 Å². The Morgan fingerprint density at radius 3 is 2.81 bits per heavy atom. The van der Waals surface area contributed by atoms with Crippen LogP contribution in [0.3, 0.4) is 0 Å². The number of nitrogens with zero attached hydrogens (tertiary/aromatic N) is 4. The van der Waals surface area contributed by atoms with E-state index < -0.39 is 0 Å². The van der Waals surface area contributed by atoms with Crippen molar-refractivity contribution < 1.29 is 9.90 Å². The fraction of sp³-hybridized carbons (Fsp3) is 0.467. The standard InChI is InChI=1S/C15H20N4O2/c1-17-5-7-18(8-6-17)14(21)10-19-9-12(11-20)13-3-2-4-16-15(13)19/h2-4,9,20H,5-8,10-11H2,1H3. The van der Waals surface area contributed by atoms with Crippen LogP contribution in [0.1, 0.15) is 5.56 Å². The van der Waals surface area contributed by atoms with Crippen molar-refractivity contribution in [3.63, 3.8) is 0 Å². The first-order valence-corrected chi connectivity index (χ1v) is 7.19. The molecule has 6 heteroatoms. The van der Waals surface area contributed by atoms with Crippen LogP contribution >= 0.6 is 0 Å². The number of hydrogen-bond acceptors (Lipinski definition) is 4. The second-order valence-electron chi connectivity index (χ2n) is 5.50. The van der Waals surface area contributed by atoms with Crippen LogP contribution in [-0.2, 0) is 17.9 Å². The lowest BCUT2D eigenvalue weighted by Gasteiger charge is -2.32. The molecule has 3 heterocycles. The molecule has 0 atom stereocenters. The molecule has 21 heavy (non-hydrogen) atoms. The van der Waals surface area contributed by atoms with Gasteiger partial charge in [0, 0.05) is 49.5 Å². The van der Waals surface area contributed by atoms with Gasteiger partial charge in [-0.3, -0.25) is 4.79 Å². The summed E-state index contributed by atoms with van der Waals surface area (Å²) in [5.41, 5.74) is 1.56. The van der Waals surface area contributed by atoms with Crippen molar-refractivity contribution in [2.24, 2.45) is 0 Å². The number of aliphatic hydroxyl groups excluding tert-OH is 1. The van der Waals surface area contributed by atoms with E-state index in [-0.39, 0.29) is 19.1 Å². The maximum Gasteiger partial charge on any atom is 0.242 e. The van der Waals surface area contributed by atoms with E-state index in [9.17, 15) is 9.90 Å². The van der Waals surface area contributed by atoms with E-state index in [0.29, 0.717) is 0 Å². The highest BCUT2D eigenvalue weighted by Crippen LogP contribution is 2.19. The summed E-state index contributed by atoms with van der Waals surface area (Å²) in [6, 6.07) is 3.76. The summed E-state index contributed by atoms with van der Waals surface area (Å²) in [7, 11) is 2.07. The third kappa shape index (κ3) is 2.77. The molecule has 0 aromatic carbocycles. The number of aliphatic hydroxyl groups is 1. The fourth-order valence-corrected chi connectivity index (χ4v) is 2.74. The van der Waals surface area contributed by atoms with E-state index in [2.05, 4.69) is 16.9 Å². The van der Waals surface area contributed by atoms with Crippen molar-refractivity contribution in [3.8, 4) is 0 Å². The van der Waals surface area contributed by atoms with E-state index in [1.165, 1.54) is 0 Å². The molecule has 0 spiro atoms. The third-order valence-corrected chi connectivity index (χ3v) is 4.05. The van der Waals surface area contributed by atoms with Gasteiger partial charge in [0.25, 0.3) is 0 Å². The van der Waals surface area contributed by atoms with Gasteiger partial charge in [-0.1, -0.05) is 0 Å². The van der Waals surface area contributed by atoms with Gasteiger partial charge in [-0.2, -0.15) is 0 Å². The fourth-order valence-electron chi connectivity index (χ4n) is 2.74. The van der Waals surface area contributed by atoms with E-state index in [1.54, 1.807) is 6.20 Å². The summed E-state index contributed by atoms with van der Waals surface area (Å²) in [6.45, 7) is 3.61. The molecule has 3 rings (SSSR count). The van der Waals surface area contributed by atoms with Crippen LogP contribution in [0.2, 0.25) is 0 Å². The minimum absolute atomic E-state index is 0.0438. The molecule has 112 valence electrons. The summed E-state index contributed by atoms with van der Waals surface area (Å²) >= 11 is 0. The Balaban J connectivity index is 1.80. The number of aromatic nitrogens is 2. The monoisotopic (exact) mass is 288 g/mol. The Labute approximate surface area is 123 Å². The molecule has 0 radical (unpaired) electrons. The summed E-state index contributed by atoms with van der Waals surface area (Å²) in [5.74, 6) is 0.107. The Kier molecular flexibility index (Phi) is 3.90. The molecule has 1 fully saturated rings. The zero-order valence-corrected chi connectivity index (χ0v) is 12.2.